The van der Waals surface area contributed by atoms with Gasteiger partial charge in [-0.3, -0.25) is 14.9 Å². The molecule has 1 N–H and O–H groups in total. The second-order valence-electron chi connectivity index (χ2n) is 6.59. The van der Waals surface area contributed by atoms with Crippen LogP contribution in [0.3, 0.4) is 0 Å². The maximum absolute atomic E-state index is 12.1. The molecule has 3 aliphatic rings. The molecule has 4 nitrogen and oxygen atoms in total. The zero-order valence-electron chi connectivity index (χ0n) is 14.2. The summed E-state index contributed by atoms with van der Waals surface area (Å²) in [5.41, 5.74) is 4.43. The highest BCUT2D eigenvalue weighted by Crippen LogP contribution is 2.37. The average Bonchev–Trinajstić information content (AvgIpc) is 3.31. The molecule has 3 heterocycles. The topological polar surface area (TPSA) is 59.3 Å². The molecule has 1 aromatic heterocycles. The lowest BCUT2D eigenvalue weighted by Gasteiger charge is -2.09. The van der Waals surface area contributed by atoms with E-state index in [-0.39, 0.29) is 16.4 Å². The fourth-order valence-corrected chi connectivity index (χ4v) is 5.56. The summed E-state index contributed by atoms with van der Waals surface area (Å²) >= 11 is 2.87. The quantitative estimate of drug-likeness (QED) is 0.525. The number of thioether (sulfide) groups is 1. The van der Waals surface area contributed by atoms with Crippen LogP contribution >= 0.6 is 23.1 Å². The smallest absolute Gasteiger partial charge is 0.286 e. The van der Waals surface area contributed by atoms with Crippen LogP contribution in [0.2, 0.25) is 0 Å². The van der Waals surface area contributed by atoms with E-state index >= 15 is 0 Å². The highest BCUT2D eigenvalue weighted by molar-refractivity contribution is 8.15. The lowest BCUT2D eigenvalue weighted by Crippen LogP contribution is -2.25. The Morgan fingerprint density at radius 1 is 1.11 bits per heavy atom. The van der Waals surface area contributed by atoms with Gasteiger partial charge in [0.05, 0.1) is 17.8 Å². The average molecular weight is 393 g/mol. The number of nitrogens with one attached hydrogen (secondary N) is 1. The predicted octanol–water partition coefficient (Wildman–Crippen LogP) is 5.08. The van der Waals surface area contributed by atoms with Crippen molar-refractivity contribution in [2.24, 2.45) is 0 Å². The molecule has 1 aromatic carbocycles. The Labute approximate surface area is 163 Å². The SMILES string of the molecule is O=C1NC(=O)C(Cc2c(Cc3cc4ccccc4s3)cc3coccc2-3)S1. The minimum atomic E-state index is -0.374. The van der Waals surface area contributed by atoms with Crippen molar-refractivity contribution in [2.45, 2.75) is 18.1 Å². The maximum Gasteiger partial charge on any atom is 0.286 e. The zero-order chi connectivity index (χ0) is 18.4. The van der Waals surface area contributed by atoms with E-state index in [0.29, 0.717) is 6.42 Å². The summed E-state index contributed by atoms with van der Waals surface area (Å²) in [5.74, 6) is -0.201. The predicted molar refractivity (Wildman–Crippen MR) is 109 cm³/mol. The molecule has 1 unspecified atom stereocenters. The minimum absolute atomic E-state index is 0.201. The molecule has 1 fully saturated rings. The Balaban J connectivity index is 1.53. The number of rotatable bonds is 4. The molecule has 0 radical (unpaired) electrons. The van der Waals surface area contributed by atoms with Crippen LogP contribution in [-0.2, 0) is 17.6 Å². The second-order valence-corrected chi connectivity index (χ2v) is 8.93. The van der Waals surface area contributed by atoms with Gasteiger partial charge in [0, 0.05) is 21.6 Å². The van der Waals surface area contributed by atoms with Crippen LogP contribution < -0.4 is 5.32 Å². The number of hydrogen-bond donors (Lipinski definition) is 1. The second kappa shape index (κ2) is 6.55. The molecule has 1 atom stereocenters. The molecule has 2 amide bonds. The van der Waals surface area contributed by atoms with Gasteiger partial charge in [-0.15, -0.1) is 11.3 Å². The first-order valence-corrected chi connectivity index (χ1v) is 10.3. The molecular formula is C21H15NO3S2. The van der Waals surface area contributed by atoms with Gasteiger partial charge in [-0.2, -0.15) is 0 Å². The molecule has 6 heteroatoms. The Hall–Kier alpha value is -2.57. The Morgan fingerprint density at radius 3 is 2.81 bits per heavy atom. The van der Waals surface area contributed by atoms with Crippen molar-refractivity contribution in [3.8, 4) is 11.1 Å². The maximum atomic E-state index is 12.1. The summed E-state index contributed by atoms with van der Waals surface area (Å²) < 4.78 is 6.60. The van der Waals surface area contributed by atoms with Crippen molar-refractivity contribution in [3.63, 3.8) is 0 Å². The molecule has 2 aliphatic heterocycles. The molecular weight excluding hydrogens is 378 g/mol. The van der Waals surface area contributed by atoms with Crippen molar-refractivity contribution in [1.29, 1.82) is 0 Å². The summed E-state index contributed by atoms with van der Waals surface area (Å²) in [6, 6.07) is 14.7. The Morgan fingerprint density at radius 2 is 2.00 bits per heavy atom. The van der Waals surface area contributed by atoms with Gasteiger partial charge in [0.25, 0.3) is 5.24 Å². The molecule has 134 valence electrons. The monoisotopic (exact) mass is 393 g/mol. The highest BCUT2D eigenvalue weighted by atomic mass is 32.2. The number of carbonyl (C=O) groups is 2. The van der Waals surface area contributed by atoms with E-state index in [1.54, 1.807) is 23.9 Å². The third kappa shape index (κ3) is 3.05. The number of benzene rings is 1. The highest BCUT2D eigenvalue weighted by Gasteiger charge is 2.33. The normalized spacial score (nSPS) is 17.1. The fourth-order valence-electron chi connectivity index (χ4n) is 3.64. The van der Waals surface area contributed by atoms with Crippen LogP contribution in [0.1, 0.15) is 16.0 Å². The van der Waals surface area contributed by atoms with E-state index in [0.717, 1.165) is 34.9 Å². The molecule has 0 saturated carbocycles. The van der Waals surface area contributed by atoms with Gasteiger partial charge in [0.2, 0.25) is 5.91 Å². The molecule has 1 aliphatic carbocycles. The van der Waals surface area contributed by atoms with Gasteiger partial charge in [0.15, 0.2) is 0 Å². The van der Waals surface area contributed by atoms with Crippen molar-refractivity contribution in [2.75, 3.05) is 0 Å². The summed E-state index contributed by atoms with van der Waals surface area (Å²) in [7, 11) is 0. The number of imide groups is 1. The van der Waals surface area contributed by atoms with Crippen molar-refractivity contribution in [3.05, 3.63) is 71.0 Å². The first-order valence-electron chi connectivity index (χ1n) is 8.63. The Bertz CT molecular complexity index is 1110. The van der Waals surface area contributed by atoms with Crippen LogP contribution in [-0.4, -0.2) is 16.4 Å². The summed E-state index contributed by atoms with van der Waals surface area (Å²) in [6.45, 7) is 0. The third-order valence-corrected chi connectivity index (χ3v) is 6.96. The van der Waals surface area contributed by atoms with Crippen LogP contribution in [0.25, 0.3) is 21.2 Å². The molecule has 0 bridgehead atoms. The third-order valence-electron chi connectivity index (χ3n) is 4.86. The van der Waals surface area contributed by atoms with Crippen LogP contribution in [0.15, 0.2) is 59.4 Å². The standard InChI is InChI=1S/C21H15NO3S2/c23-20-19(27-21(24)22-20)10-17-13(7-14-11-25-6-5-16(14)17)9-15-8-12-3-1-2-4-18(12)26-15/h1-8,11,19H,9-10H2,(H,22,23,24). The summed E-state index contributed by atoms with van der Waals surface area (Å²) in [4.78, 5) is 24.9. The first-order chi connectivity index (χ1) is 13.2. The number of amides is 2. The molecule has 2 aromatic rings. The minimum Gasteiger partial charge on any atom is -0.472 e. The van der Waals surface area contributed by atoms with Crippen LogP contribution in [0, 0.1) is 0 Å². The van der Waals surface area contributed by atoms with Crippen LogP contribution in [0.4, 0.5) is 4.79 Å². The van der Waals surface area contributed by atoms with Gasteiger partial charge in [-0.1, -0.05) is 30.0 Å². The number of fused-ring (bicyclic) bond motifs is 2. The summed E-state index contributed by atoms with van der Waals surface area (Å²) in [6.07, 6.45) is 4.73. The summed E-state index contributed by atoms with van der Waals surface area (Å²) in [5, 5.41) is 3.00. The van der Waals surface area contributed by atoms with Gasteiger partial charge >= 0.3 is 0 Å². The first kappa shape index (κ1) is 16.6. The van der Waals surface area contributed by atoms with Crippen LogP contribution in [0.5, 0.6) is 0 Å². The van der Waals surface area contributed by atoms with E-state index in [4.69, 9.17) is 4.42 Å². The number of hydrogen-bond acceptors (Lipinski definition) is 5. The van der Waals surface area contributed by atoms with Crippen molar-refractivity contribution in [1.82, 2.24) is 5.32 Å². The van der Waals surface area contributed by atoms with E-state index in [2.05, 4.69) is 41.7 Å². The lowest BCUT2D eigenvalue weighted by molar-refractivity contribution is -0.118. The Kier molecular flexibility index (Phi) is 4.02. The van der Waals surface area contributed by atoms with Crippen molar-refractivity contribution < 1.29 is 14.0 Å². The van der Waals surface area contributed by atoms with E-state index in [1.807, 2.05) is 6.07 Å². The largest absolute Gasteiger partial charge is 0.472 e. The molecule has 1 saturated heterocycles. The molecule has 0 spiro atoms. The van der Waals surface area contributed by atoms with Gasteiger partial charge in [0.1, 0.15) is 0 Å². The van der Waals surface area contributed by atoms with Gasteiger partial charge in [-0.05, 0) is 52.8 Å². The van der Waals surface area contributed by atoms with Crippen molar-refractivity contribution >= 4 is 44.3 Å². The van der Waals surface area contributed by atoms with Gasteiger partial charge in [-0.25, -0.2) is 0 Å². The number of carbonyl (C=O) groups excluding carboxylic acids is 2. The van der Waals surface area contributed by atoms with Gasteiger partial charge < -0.3 is 4.42 Å². The van der Waals surface area contributed by atoms with E-state index in [1.165, 1.54) is 20.5 Å². The molecule has 27 heavy (non-hydrogen) atoms. The lowest BCUT2D eigenvalue weighted by atomic mass is 10.0. The number of thiophene rings is 1. The fraction of sp³-hybridized carbons (Fsp3) is 0.143. The van der Waals surface area contributed by atoms with E-state index < -0.39 is 0 Å². The van der Waals surface area contributed by atoms with E-state index in [9.17, 15) is 9.59 Å². The zero-order valence-corrected chi connectivity index (χ0v) is 15.9. The molecule has 5 rings (SSSR count).